The van der Waals surface area contributed by atoms with Gasteiger partial charge in [0.2, 0.25) is 11.8 Å². The highest BCUT2D eigenvalue weighted by molar-refractivity contribution is 6.07. The monoisotopic (exact) mass is 455 g/mol. The van der Waals surface area contributed by atoms with E-state index in [4.69, 9.17) is 4.74 Å². The Labute approximate surface area is 172 Å². The van der Waals surface area contributed by atoms with Crippen LogP contribution < -0.4 is 20.5 Å². The molecule has 1 aliphatic heterocycles. The number of rotatable bonds is 5. The number of nitrogens with one attached hydrogen (secondary N) is 2. The van der Waals surface area contributed by atoms with E-state index in [9.17, 15) is 40.8 Å². The van der Waals surface area contributed by atoms with Gasteiger partial charge in [-0.25, -0.2) is 0 Å². The van der Waals surface area contributed by atoms with Gasteiger partial charge in [0.15, 0.2) is 0 Å². The maximum Gasteiger partial charge on any atom is 0.455 e. The molecule has 2 N–H and O–H groups in total. The van der Waals surface area contributed by atoms with Gasteiger partial charge in [0, 0.05) is 0 Å². The molecule has 31 heavy (non-hydrogen) atoms. The molecule has 3 amide bonds. The minimum atomic E-state index is -5.90. The SMILES string of the molecule is C[C@H]1Oc2ccccc2N(F)C(=O)[C@H]1NC(=O)C(C)(C)C(=O)NCC(F)(F)C(F)(F)F. The minimum absolute atomic E-state index is 0.00832. The third kappa shape index (κ3) is 4.85. The highest BCUT2D eigenvalue weighted by Crippen LogP contribution is 2.35. The van der Waals surface area contributed by atoms with Gasteiger partial charge < -0.3 is 15.4 Å². The summed E-state index contributed by atoms with van der Waals surface area (Å²) in [5.74, 6) is -9.10. The van der Waals surface area contributed by atoms with Crippen LogP contribution in [-0.4, -0.2) is 48.5 Å². The summed E-state index contributed by atoms with van der Waals surface area (Å²) in [6.07, 6.45) is -7.00. The Morgan fingerprint density at radius 3 is 2.26 bits per heavy atom. The van der Waals surface area contributed by atoms with Crippen LogP contribution in [0.5, 0.6) is 5.75 Å². The first-order chi connectivity index (χ1) is 14.1. The quantitative estimate of drug-likeness (QED) is 0.406. The van der Waals surface area contributed by atoms with Crippen molar-refractivity contribution < 1.29 is 45.6 Å². The largest absolute Gasteiger partial charge is 0.486 e. The third-order valence-electron chi connectivity index (χ3n) is 4.63. The smallest absolute Gasteiger partial charge is 0.455 e. The van der Waals surface area contributed by atoms with Crippen molar-refractivity contribution in [2.45, 2.75) is 45.0 Å². The Bertz CT molecular complexity index is 874. The Kier molecular flexibility index (Phi) is 6.48. The molecule has 1 heterocycles. The van der Waals surface area contributed by atoms with Gasteiger partial charge in [0.1, 0.15) is 29.0 Å². The highest BCUT2D eigenvalue weighted by atomic mass is 19.4. The van der Waals surface area contributed by atoms with Gasteiger partial charge in [-0.15, -0.1) is 5.12 Å². The van der Waals surface area contributed by atoms with Crippen molar-refractivity contribution in [1.29, 1.82) is 0 Å². The maximum atomic E-state index is 14.5. The number of alkyl halides is 5. The molecule has 2 atom stereocenters. The average Bonchev–Trinajstić information content (AvgIpc) is 2.75. The normalized spacial score (nSPS) is 19.8. The maximum absolute atomic E-state index is 14.5. The first kappa shape index (κ1) is 24.3. The second-order valence-electron chi connectivity index (χ2n) is 7.37. The summed E-state index contributed by atoms with van der Waals surface area (Å²) in [6.45, 7) is 1.15. The van der Waals surface area contributed by atoms with Gasteiger partial charge in [-0.3, -0.25) is 14.4 Å². The second-order valence-corrected chi connectivity index (χ2v) is 7.37. The summed E-state index contributed by atoms with van der Waals surface area (Å²) < 4.78 is 82.8. The summed E-state index contributed by atoms with van der Waals surface area (Å²) in [6, 6.07) is 3.98. The van der Waals surface area contributed by atoms with Gasteiger partial charge in [-0.2, -0.15) is 22.0 Å². The summed E-state index contributed by atoms with van der Waals surface area (Å²) in [7, 11) is 0. The molecule has 13 heteroatoms. The number of amides is 3. The number of ether oxygens (including phenoxy) is 1. The van der Waals surface area contributed by atoms with Crippen molar-refractivity contribution in [1.82, 2.24) is 10.6 Å². The van der Waals surface area contributed by atoms with Crippen molar-refractivity contribution in [2.24, 2.45) is 5.41 Å². The molecule has 172 valence electrons. The predicted molar refractivity (Wildman–Crippen MR) is 94.8 cm³/mol. The Hall–Kier alpha value is -2.99. The van der Waals surface area contributed by atoms with Crippen LogP contribution in [0.2, 0.25) is 0 Å². The van der Waals surface area contributed by atoms with Gasteiger partial charge >= 0.3 is 12.1 Å². The molecular formula is C18H19F6N3O4. The summed E-state index contributed by atoms with van der Waals surface area (Å²) in [5.41, 5.74) is -2.40. The van der Waals surface area contributed by atoms with E-state index in [1.165, 1.54) is 36.5 Å². The highest BCUT2D eigenvalue weighted by Gasteiger charge is 2.57. The summed E-state index contributed by atoms with van der Waals surface area (Å²) in [5, 5.41) is 3.23. The van der Waals surface area contributed by atoms with Crippen molar-refractivity contribution >= 4 is 23.4 Å². The number of halogens is 6. The van der Waals surface area contributed by atoms with Crippen LogP contribution in [0.25, 0.3) is 0 Å². The molecule has 0 aromatic heterocycles. The molecule has 0 unspecified atom stereocenters. The van der Waals surface area contributed by atoms with E-state index in [1.807, 2.05) is 0 Å². The van der Waals surface area contributed by atoms with Crippen LogP contribution >= 0.6 is 0 Å². The number of benzene rings is 1. The van der Waals surface area contributed by atoms with Gasteiger partial charge in [-0.1, -0.05) is 16.6 Å². The number of para-hydroxylation sites is 2. The molecule has 7 nitrogen and oxygen atoms in total. The van der Waals surface area contributed by atoms with E-state index in [1.54, 1.807) is 0 Å². The van der Waals surface area contributed by atoms with Crippen LogP contribution in [0.15, 0.2) is 24.3 Å². The van der Waals surface area contributed by atoms with Crippen LogP contribution in [0.1, 0.15) is 20.8 Å². The number of anilines is 1. The van der Waals surface area contributed by atoms with E-state index in [2.05, 4.69) is 5.32 Å². The molecule has 0 fully saturated rings. The fourth-order valence-corrected chi connectivity index (χ4v) is 2.55. The molecule has 0 radical (unpaired) electrons. The van der Waals surface area contributed by atoms with Crippen molar-refractivity contribution in [3.63, 3.8) is 0 Å². The first-order valence-corrected chi connectivity index (χ1v) is 8.89. The van der Waals surface area contributed by atoms with Crippen molar-refractivity contribution in [3.8, 4) is 5.75 Å². The average molecular weight is 455 g/mol. The Balaban J connectivity index is 2.14. The van der Waals surface area contributed by atoms with Crippen molar-refractivity contribution in [3.05, 3.63) is 24.3 Å². The molecule has 1 aromatic rings. The topological polar surface area (TPSA) is 87.7 Å². The first-order valence-electron chi connectivity index (χ1n) is 8.89. The molecule has 0 spiro atoms. The Morgan fingerprint density at radius 2 is 1.68 bits per heavy atom. The third-order valence-corrected chi connectivity index (χ3v) is 4.63. The lowest BCUT2D eigenvalue weighted by molar-refractivity contribution is -0.278. The van der Waals surface area contributed by atoms with E-state index >= 15 is 0 Å². The zero-order chi connectivity index (χ0) is 23.8. The molecule has 0 aliphatic carbocycles. The number of hydrogen-bond acceptors (Lipinski definition) is 4. The van der Waals surface area contributed by atoms with Gasteiger partial charge in [-0.05, 0) is 32.9 Å². The number of hydrogen-bond donors (Lipinski definition) is 2. The number of nitrogens with zero attached hydrogens (tertiary/aromatic N) is 1. The molecule has 0 bridgehead atoms. The van der Waals surface area contributed by atoms with Crippen LogP contribution in [-0.2, 0) is 14.4 Å². The lowest BCUT2D eigenvalue weighted by Gasteiger charge is -2.28. The minimum Gasteiger partial charge on any atom is -0.486 e. The van der Waals surface area contributed by atoms with Crippen molar-refractivity contribution in [2.75, 3.05) is 11.7 Å². The molecule has 1 aliphatic rings. The second kappa shape index (κ2) is 8.27. The fourth-order valence-electron chi connectivity index (χ4n) is 2.55. The Morgan fingerprint density at radius 1 is 1.10 bits per heavy atom. The van der Waals surface area contributed by atoms with Crippen LogP contribution in [0.4, 0.5) is 32.1 Å². The number of carbonyl (C=O) groups is 3. The molecule has 0 saturated carbocycles. The number of fused-ring (bicyclic) bond motifs is 1. The van der Waals surface area contributed by atoms with Gasteiger partial charge in [0.25, 0.3) is 5.91 Å². The van der Waals surface area contributed by atoms with E-state index in [-0.39, 0.29) is 16.6 Å². The fraction of sp³-hybridized carbons (Fsp3) is 0.500. The van der Waals surface area contributed by atoms with Gasteiger partial charge in [0.05, 0.1) is 6.54 Å². The zero-order valence-corrected chi connectivity index (χ0v) is 16.5. The van der Waals surface area contributed by atoms with E-state index < -0.39 is 53.9 Å². The molecule has 2 rings (SSSR count). The molecule has 0 saturated heterocycles. The molecular weight excluding hydrogens is 436 g/mol. The van der Waals surface area contributed by atoms with Crippen LogP contribution in [0, 0.1) is 5.41 Å². The lowest BCUT2D eigenvalue weighted by Crippen LogP contribution is -2.58. The summed E-state index contributed by atoms with van der Waals surface area (Å²) in [4.78, 5) is 37.1. The zero-order valence-electron chi connectivity index (χ0n) is 16.5. The van der Waals surface area contributed by atoms with E-state index in [0.29, 0.717) is 0 Å². The number of carbonyl (C=O) groups excluding carboxylic acids is 3. The standard InChI is InChI=1S/C18H19F6N3O4/c1-9-12(13(28)27(24)10-6-4-5-7-11(10)31-9)26-15(30)16(2,3)14(29)25-8-17(19,20)18(21,22)23/h4-7,9,12H,8H2,1-3H3,(H,25,29)(H,26,30)/t9-,12+/m1/s1. The summed E-state index contributed by atoms with van der Waals surface area (Å²) >= 11 is 0. The molecule has 1 aromatic carbocycles. The van der Waals surface area contributed by atoms with E-state index in [0.717, 1.165) is 13.8 Å². The predicted octanol–water partition coefficient (Wildman–Crippen LogP) is 2.51. The lowest BCUT2D eigenvalue weighted by atomic mass is 9.90. The van der Waals surface area contributed by atoms with Crippen LogP contribution in [0.3, 0.4) is 0 Å².